The van der Waals surface area contributed by atoms with Gasteiger partial charge in [-0.2, -0.15) is 0 Å². The molecular formula is C20H33N3O3. The van der Waals surface area contributed by atoms with Crippen molar-refractivity contribution in [3.05, 3.63) is 34.9 Å². The average Bonchev–Trinajstić information content (AvgIpc) is 2.64. The van der Waals surface area contributed by atoms with Crippen molar-refractivity contribution in [2.45, 2.75) is 26.4 Å². The molecule has 0 bridgehead atoms. The minimum atomic E-state index is 0.0836. The third-order valence-electron chi connectivity index (χ3n) is 4.53. The number of nitrogens with one attached hydrogen (secondary N) is 1. The van der Waals surface area contributed by atoms with Gasteiger partial charge < -0.3 is 24.4 Å². The first-order valence-corrected chi connectivity index (χ1v) is 9.36. The molecule has 1 aliphatic heterocycles. The monoisotopic (exact) mass is 363 g/mol. The van der Waals surface area contributed by atoms with E-state index in [1.54, 1.807) is 7.11 Å². The summed E-state index contributed by atoms with van der Waals surface area (Å²) in [5.74, 6) is 0.931. The van der Waals surface area contributed by atoms with Crippen molar-refractivity contribution >= 4 is 5.96 Å². The molecule has 1 fully saturated rings. The van der Waals surface area contributed by atoms with Crippen molar-refractivity contribution in [2.75, 3.05) is 60.2 Å². The topological polar surface area (TPSA) is 55.3 Å². The summed E-state index contributed by atoms with van der Waals surface area (Å²) < 4.78 is 16.5. The van der Waals surface area contributed by atoms with Crippen LogP contribution in [0.1, 0.15) is 29.2 Å². The van der Waals surface area contributed by atoms with Gasteiger partial charge in [0.25, 0.3) is 0 Å². The van der Waals surface area contributed by atoms with Crippen LogP contribution in [0.3, 0.4) is 0 Å². The van der Waals surface area contributed by atoms with E-state index in [-0.39, 0.29) is 6.10 Å². The Morgan fingerprint density at radius 2 is 2.15 bits per heavy atom. The van der Waals surface area contributed by atoms with Crippen molar-refractivity contribution in [2.24, 2.45) is 4.99 Å². The third kappa shape index (κ3) is 6.27. The van der Waals surface area contributed by atoms with Crippen LogP contribution in [0, 0.1) is 13.8 Å². The molecule has 26 heavy (non-hydrogen) atoms. The predicted molar refractivity (Wildman–Crippen MR) is 105 cm³/mol. The summed E-state index contributed by atoms with van der Waals surface area (Å²) in [6.07, 6.45) is 1.02. The fraction of sp³-hybridized carbons (Fsp3) is 0.650. The number of benzene rings is 1. The lowest BCUT2D eigenvalue weighted by atomic mass is 10.00. The summed E-state index contributed by atoms with van der Waals surface area (Å²) in [6, 6.07) is 6.56. The Labute approximate surface area is 157 Å². The molecule has 2 rings (SSSR count). The highest BCUT2D eigenvalue weighted by molar-refractivity contribution is 5.80. The normalized spacial score (nSPS) is 18.2. The zero-order chi connectivity index (χ0) is 18.8. The van der Waals surface area contributed by atoms with Crippen LogP contribution in [0.5, 0.6) is 0 Å². The molecule has 1 N–H and O–H groups in total. The number of hydrogen-bond donors (Lipinski definition) is 1. The van der Waals surface area contributed by atoms with E-state index in [2.05, 4.69) is 47.3 Å². The first-order valence-electron chi connectivity index (χ1n) is 9.36. The molecule has 0 amide bonds. The molecule has 0 radical (unpaired) electrons. The molecule has 1 saturated heterocycles. The average molecular weight is 364 g/mol. The van der Waals surface area contributed by atoms with E-state index in [0.29, 0.717) is 19.8 Å². The summed E-state index contributed by atoms with van der Waals surface area (Å²) in [5.41, 5.74) is 3.83. The van der Waals surface area contributed by atoms with Gasteiger partial charge in [0.05, 0.1) is 26.4 Å². The van der Waals surface area contributed by atoms with Crippen molar-refractivity contribution in [3.63, 3.8) is 0 Å². The van der Waals surface area contributed by atoms with Crippen LogP contribution in [-0.4, -0.2) is 71.1 Å². The molecule has 1 unspecified atom stereocenters. The largest absolute Gasteiger partial charge is 0.382 e. The first-order chi connectivity index (χ1) is 12.7. The van der Waals surface area contributed by atoms with E-state index < -0.39 is 0 Å². The number of rotatable bonds is 8. The molecule has 6 heteroatoms. The molecule has 6 nitrogen and oxygen atoms in total. The highest BCUT2D eigenvalue weighted by Gasteiger charge is 2.25. The SMILES string of the molecule is CN=C(NCCCOCCOC)N1CCOC(c2ccc(C)cc2C)C1. The summed E-state index contributed by atoms with van der Waals surface area (Å²) in [7, 11) is 3.52. The van der Waals surface area contributed by atoms with Gasteiger partial charge in [-0.3, -0.25) is 4.99 Å². The maximum Gasteiger partial charge on any atom is 0.193 e. The quantitative estimate of drug-likeness (QED) is 0.436. The summed E-state index contributed by atoms with van der Waals surface area (Å²) >= 11 is 0. The molecule has 0 aliphatic carbocycles. The second-order valence-corrected chi connectivity index (χ2v) is 6.60. The van der Waals surface area contributed by atoms with Crippen LogP contribution >= 0.6 is 0 Å². The molecule has 0 saturated carbocycles. The molecule has 1 heterocycles. The fourth-order valence-corrected chi connectivity index (χ4v) is 3.17. The van der Waals surface area contributed by atoms with Crippen molar-refractivity contribution in [1.82, 2.24) is 10.2 Å². The standard InChI is InChI=1S/C20H33N3O3/c1-16-6-7-18(17(2)14-16)19-15-23(9-11-26-19)20(21-3)22-8-5-10-25-13-12-24-4/h6-7,14,19H,5,8-13,15H2,1-4H3,(H,21,22). The lowest BCUT2D eigenvalue weighted by Gasteiger charge is -2.35. The second-order valence-electron chi connectivity index (χ2n) is 6.60. The first kappa shape index (κ1) is 20.7. The third-order valence-corrected chi connectivity index (χ3v) is 4.53. The number of methoxy groups -OCH3 is 1. The number of ether oxygens (including phenoxy) is 3. The predicted octanol–water partition coefficient (Wildman–Crippen LogP) is 2.31. The van der Waals surface area contributed by atoms with Gasteiger partial charge in [0, 0.05) is 33.9 Å². The number of hydrogen-bond acceptors (Lipinski definition) is 4. The number of morpholine rings is 1. The van der Waals surface area contributed by atoms with Gasteiger partial charge in [-0.1, -0.05) is 23.8 Å². The van der Waals surface area contributed by atoms with E-state index in [9.17, 15) is 0 Å². The Bertz CT molecular complexity index is 577. The summed E-state index contributed by atoms with van der Waals surface area (Å²) in [5, 5.41) is 3.43. The maximum atomic E-state index is 6.03. The maximum absolute atomic E-state index is 6.03. The number of guanidine groups is 1. The molecule has 146 valence electrons. The van der Waals surface area contributed by atoms with E-state index in [1.165, 1.54) is 16.7 Å². The molecule has 1 atom stereocenters. The molecule has 1 aromatic carbocycles. The minimum absolute atomic E-state index is 0.0836. The van der Waals surface area contributed by atoms with Crippen LogP contribution in [0.2, 0.25) is 0 Å². The van der Waals surface area contributed by atoms with Gasteiger partial charge in [0.15, 0.2) is 5.96 Å². The van der Waals surface area contributed by atoms with Crippen molar-refractivity contribution in [1.29, 1.82) is 0 Å². The Morgan fingerprint density at radius 3 is 2.88 bits per heavy atom. The smallest absolute Gasteiger partial charge is 0.193 e. The zero-order valence-electron chi connectivity index (χ0n) is 16.6. The number of aliphatic imine (C=N–C) groups is 1. The van der Waals surface area contributed by atoms with Crippen molar-refractivity contribution < 1.29 is 14.2 Å². The van der Waals surface area contributed by atoms with Gasteiger partial charge in [-0.05, 0) is 31.4 Å². The number of nitrogens with zero attached hydrogens (tertiary/aromatic N) is 2. The second kappa shape index (κ2) is 11.2. The summed E-state index contributed by atoms with van der Waals surface area (Å²) in [4.78, 5) is 6.72. The Balaban J connectivity index is 1.82. The Hall–Kier alpha value is -1.63. The van der Waals surface area contributed by atoms with Crippen LogP contribution < -0.4 is 5.32 Å². The van der Waals surface area contributed by atoms with Gasteiger partial charge in [0.1, 0.15) is 6.10 Å². The molecule has 0 spiro atoms. The minimum Gasteiger partial charge on any atom is -0.382 e. The van der Waals surface area contributed by atoms with Crippen LogP contribution in [-0.2, 0) is 14.2 Å². The Kier molecular flexibility index (Phi) is 8.88. The van der Waals surface area contributed by atoms with Gasteiger partial charge in [-0.15, -0.1) is 0 Å². The lowest BCUT2D eigenvalue weighted by molar-refractivity contribution is -0.00836. The molecule has 1 aromatic rings. The van der Waals surface area contributed by atoms with Gasteiger partial charge in [-0.25, -0.2) is 0 Å². The van der Waals surface area contributed by atoms with E-state index >= 15 is 0 Å². The lowest BCUT2D eigenvalue weighted by Crippen LogP contribution is -2.48. The highest BCUT2D eigenvalue weighted by Crippen LogP contribution is 2.25. The molecular weight excluding hydrogens is 330 g/mol. The Morgan fingerprint density at radius 1 is 1.31 bits per heavy atom. The van der Waals surface area contributed by atoms with Crippen LogP contribution in [0.4, 0.5) is 0 Å². The van der Waals surface area contributed by atoms with Crippen molar-refractivity contribution in [3.8, 4) is 0 Å². The molecule has 1 aliphatic rings. The van der Waals surface area contributed by atoms with Crippen LogP contribution in [0.15, 0.2) is 23.2 Å². The fourth-order valence-electron chi connectivity index (χ4n) is 3.17. The number of aryl methyl sites for hydroxylation is 2. The van der Waals surface area contributed by atoms with Gasteiger partial charge in [0.2, 0.25) is 0 Å². The highest BCUT2D eigenvalue weighted by atomic mass is 16.5. The van der Waals surface area contributed by atoms with E-state index in [0.717, 1.165) is 38.6 Å². The zero-order valence-corrected chi connectivity index (χ0v) is 16.6. The summed E-state index contributed by atoms with van der Waals surface area (Å²) in [6.45, 7) is 9.50. The van der Waals surface area contributed by atoms with Gasteiger partial charge >= 0.3 is 0 Å². The van der Waals surface area contributed by atoms with E-state index in [1.807, 2.05) is 7.05 Å². The van der Waals surface area contributed by atoms with E-state index in [4.69, 9.17) is 14.2 Å². The van der Waals surface area contributed by atoms with Crippen LogP contribution in [0.25, 0.3) is 0 Å². The molecule has 0 aromatic heterocycles.